The second-order valence-corrected chi connectivity index (χ2v) is 10.7. The van der Waals surface area contributed by atoms with Gasteiger partial charge in [-0.15, -0.1) is 0 Å². The van der Waals surface area contributed by atoms with Gasteiger partial charge in [-0.25, -0.2) is 18.4 Å². The summed E-state index contributed by atoms with van der Waals surface area (Å²) >= 11 is 0. The van der Waals surface area contributed by atoms with Crippen LogP contribution < -0.4 is 4.90 Å². The van der Waals surface area contributed by atoms with Crippen LogP contribution in [-0.2, 0) is 20.4 Å². The van der Waals surface area contributed by atoms with Crippen molar-refractivity contribution < 1.29 is 13.2 Å². The number of aromatic nitrogens is 2. The van der Waals surface area contributed by atoms with Crippen molar-refractivity contribution in [3.63, 3.8) is 0 Å². The summed E-state index contributed by atoms with van der Waals surface area (Å²) in [6, 6.07) is 0. The van der Waals surface area contributed by atoms with Gasteiger partial charge in [-0.1, -0.05) is 20.8 Å². The third kappa shape index (κ3) is 3.49. The molecule has 0 radical (unpaired) electrons. The van der Waals surface area contributed by atoms with Crippen molar-refractivity contribution >= 4 is 21.7 Å². The number of carbonyl (C=O) groups is 1. The molecule has 2 atom stereocenters. The van der Waals surface area contributed by atoms with Crippen molar-refractivity contribution in [2.45, 2.75) is 44.1 Å². The van der Waals surface area contributed by atoms with Crippen LogP contribution in [0, 0.1) is 5.41 Å². The maximum atomic E-state index is 12.7. The third-order valence-corrected chi connectivity index (χ3v) is 6.87. The molecule has 1 fully saturated rings. The van der Waals surface area contributed by atoms with Crippen LogP contribution in [0.1, 0.15) is 44.4 Å². The summed E-state index contributed by atoms with van der Waals surface area (Å²) in [7, 11) is 0.403. The normalized spacial score (nSPS) is 24.6. The van der Waals surface area contributed by atoms with Gasteiger partial charge in [0.05, 0.1) is 16.7 Å². The first kappa shape index (κ1) is 18.1. The van der Waals surface area contributed by atoms with Crippen LogP contribution >= 0.6 is 0 Å². The molecule has 8 heteroatoms. The maximum Gasteiger partial charge on any atom is 0.225 e. The fraction of sp³-hybridized carbons (Fsp3) is 0.706. The molecule has 2 aliphatic heterocycles. The standard InChI is InChI=1S/C17H26N4O3S/c1-17(2,3)6-14(22)21-8-12-13(9-21)25(23,24)10-11-7-18-16(20(4)5)19-15(11)12/h7,12-13H,6,8-10H2,1-5H3/t12-,13-/m0/s1. The Hall–Kier alpha value is -1.70. The summed E-state index contributed by atoms with van der Waals surface area (Å²) in [5.74, 6) is 0.273. The Morgan fingerprint density at radius 1 is 1.32 bits per heavy atom. The van der Waals surface area contributed by atoms with Crippen molar-refractivity contribution in [3.05, 3.63) is 17.5 Å². The Kier molecular flexibility index (Phi) is 4.29. The van der Waals surface area contributed by atoms with E-state index in [1.54, 1.807) is 16.0 Å². The lowest BCUT2D eigenvalue weighted by Crippen LogP contribution is -2.36. The van der Waals surface area contributed by atoms with Gasteiger partial charge in [-0.2, -0.15) is 0 Å². The minimum atomic E-state index is -3.30. The molecule has 1 aromatic heterocycles. The molecule has 138 valence electrons. The molecule has 1 amide bonds. The molecule has 7 nitrogen and oxygen atoms in total. The predicted octanol–water partition coefficient (Wildman–Crippen LogP) is 1.20. The first-order chi connectivity index (χ1) is 11.5. The molecule has 0 spiro atoms. The zero-order valence-corrected chi connectivity index (χ0v) is 16.3. The van der Waals surface area contributed by atoms with E-state index in [0.717, 1.165) is 5.69 Å². The maximum absolute atomic E-state index is 12.7. The molecule has 0 aliphatic carbocycles. The van der Waals surface area contributed by atoms with Gasteiger partial charge in [-0.05, 0) is 5.41 Å². The van der Waals surface area contributed by atoms with Gasteiger partial charge in [0.25, 0.3) is 0 Å². The summed E-state index contributed by atoms with van der Waals surface area (Å²) in [6.07, 6.45) is 2.02. The highest BCUT2D eigenvalue weighted by Crippen LogP contribution is 2.40. The average Bonchev–Trinajstić information content (AvgIpc) is 2.91. The number of likely N-dealkylation sites (tertiary alicyclic amines) is 1. The Labute approximate surface area is 149 Å². The topological polar surface area (TPSA) is 83.5 Å². The van der Waals surface area contributed by atoms with Crippen LogP contribution in [0.3, 0.4) is 0 Å². The highest BCUT2D eigenvalue weighted by atomic mass is 32.2. The quantitative estimate of drug-likeness (QED) is 0.782. The monoisotopic (exact) mass is 366 g/mol. The number of hydrogen-bond donors (Lipinski definition) is 0. The molecular formula is C17H26N4O3S. The zero-order valence-electron chi connectivity index (χ0n) is 15.5. The Morgan fingerprint density at radius 2 is 2.00 bits per heavy atom. The SMILES string of the molecule is CN(C)c1ncc2c(n1)[C@H]1CN(C(=O)CC(C)(C)C)C[C@@H]1S(=O)(=O)C2. The molecule has 3 rings (SSSR count). The van der Waals surface area contributed by atoms with Crippen LogP contribution in [0.5, 0.6) is 0 Å². The number of nitrogens with zero attached hydrogens (tertiary/aromatic N) is 4. The molecule has 0 saturated carbocycles. The van der Waals surface area contributed by atoms with E-state index in [4.69, 9.17) is 0 Å². The van der Waals surface area contributed by atoms with Gasteiger partial charge in [-0.3, -0.25) is 4.79 Å². The Morgan fingerprint density at radius 3 is 2.60 bits per heavy atom. The number of anilines is 1. The van der Waals surface area contributed by atoms with E-state index in [9.17, 15) is 13.2 Å². The van der Waals surface area contributed by atoms with Crippen LogP contribution in [0.4, 0.5) is 5.95 Å². The number of amides is 1. The molecule has 2 aliphatic rings. The van der Waals surface area contributed by atoms with Crippen molar-refractivity contribution in [3.8, 4) is 0 Å². The predicted molar refractivity (Wildman–Crippen MR) is 96.2 cm³/mol. The second-order valence-electron chi connectivity index (χ2n) is 8.46. The summed E-state index contributed by atoms with van der Waals surface area (Å²) in [5.41, 5.74) is 1.32. The van der Waals surface area contributed by atoms with Crippen molar-refractivity contribution in [1.29, 1.82) is 0 Å². The number of hydrogen-bond acceptors (Lipinski definition) is 6. The second kappa shape index (κ2) is 5.93. The fourth-order valence-corrected chi connectivity index (χ4v) is 5.54. The summed E-state index contributed by atoms with van der Waals surface area (Å²) in [5, 5.41) is -0.561. The smallest absolute Gasteiger partial charge is 0.225 e. The summed E-state index contributed by atoms with van der Waals surface area (Å²) < 4.78 is 25.4. The van der Waals surface area contributed by atoms with E-state index < -0.39 is 15.1 Å². The minimum absolute atomic E-state index is 0.0144. The first-order valence-corrected chi connectivity index (χ1v) is 10.2. The molecule has 25 heavy (non-hydrogen) atoms. The van der Waals surface area contributed by atoms with Crippen LogP contribution in [0.2, 0.25) is 0 Å². The van der Waals surface area contributed by atoms with Gasteiger partial charge in [0.1, 0.15) is 0 Å². The van der Waals surface area contributed by atoms with Crippen LogP contribution in [-0.4, -0.2) is 61.6 Å². The van der Waals surface area contributed by atoms with Gasteiger partial charge in [0, 0.05) is 51.3 Å². The van der Waals surface area contributed by atoms with Gasteiger partial charge in [0.15, 0.2) is 9.84 Å². The lowest BCUT2D eigenvalue weighted by atomic mass is 9.91. The van der Waals surface area contributed by atoms with E-state index in [-0.39, 0.29) is 29.5 Å². The molecule has 0 unspecified atom stereocenters. The van der Waals surface area contributed by atoms with E-state index in [0.29, 0.717) is 24.5 Å². The molecule has 0 bridgehead atoms. The van der Waals surface area contributed by atoms with Crippen molar-refractivity contribution in [2.75, 3.05) is 32.1 Å². The molecule has 1 aromatic rings. The van der Waals surface area contributed by atoms with E-state index >= 15 is 0 Å². The Balaban J connectivity index is 1.94. The lowest BCUT2D eigenvalue weighted by Gasteiger charge is -2.26. The zero-order chi connectivity index (χ0) is 18.6. The summed E-state index contributed by atoms with van der Waals surface area (Å²) in [4.78, 5) is 24.9. The third-order valence-electron chi connectivity index (χ3n) is 4.75. The van der Waals surface area contributed by atoms with Crippen LogP contribution in [0.25, 0.3) is 0 Å². The largest absolute Gasteiger partial charge is 0.347 e. The van der Waals surface area contributed by atoms with Crippen molar-refractivity contribution in [2.24, 2.45) is 5.41 Å². The van der Waals surface area contributed by atoms with Gasteiger partial charge < -0.3 is 9.80 Å². The van der Waals surface area contributed by atoms with E-state index in [2.05, 4.69) is 9.97 Å². The molecular weight excluding hydrogens is 340 g/mol. The molecule has 1 saturated heterocycles. The molecule has 3 heterocycles. The highest BCUT2D eigenvalue weighted by molar-refractivity contribution is 7.91. The van der Waals surface area contributed by atoms with E-state index in [1.165, 1.54) is 0 Å². The minimum Gasteiger partial charge on any atom is -0.347 e. The van der Waals surface area contributed by atoms with Gasteiger partial charge >= 0.3 is 0 Å². The molecule has 0 N–H and O–H groups in total. The lowest BCUT2D eigenvalue weighted by molar-refractivity contribution is -0.132. The van der Waals surface area contributed by atoms with Crippen molar-refractivity contribution in [1.82, 2.24) is 14.9 Å². The number of carbonyl (C=O) groups excluding carboxylic acids is 1. The van der Waals surface area contributed by atoms with Crippen LogP contribution in [0.15, 0.2) is 6.20 Å². The highest BCUT2D eigenvalue weighted by Gasteiger charge is 2.48. The number of fused-ring (bicyclic) bond motifs is 3. The first-order valence-electron chi connectivity index (χ1n) is 8.50. The number of sulfone groups is 1. The molecule has 0 aromatic carbocycles. The average molecular weight is 366 g/mol. The number of rotatable bonds is 2. The fourth-order valence-electron chi connectivity index (χ4n) is 3.55. The van der Waals surface area contributed by atoms with Gasteiger partial charge in [0.2, 0.25) is 11.9 Å². The Bertz CT molecular complexity index is 799. The summed E-state index contributed by atoms with van der Waals surface area (Å²) in [6.45, 7) is 6.71. The van der Waals surface area contributed by atoms with E-state index in [1.807, 2.05) is 34.9 Å².